The van der Waals surface area contributed by atoms with Crippen molar-refractivity contribution in [2.75, 3.05) is 12.8 Å². The smallest absolute Gasteiger partial charge is 0.243 e. The third-order valence-corrected chi connectivity index (χ3v) is 6.60. The molecule has 2 aromatic rings. The van der Waals surface area contributed by atoms with E-state index in [-0.39, 0.29) is 0 Å². The minimum Gasteiger partial charge on any atom is -0.399 e. The van der Waals surface area contributed by atoms with E-state index in [0.717, 1.165) is 10.4 Å². The van der Waals surface area contributed by atoms with Crippen LogP contribution in [0.1, 0.15) is 21.6 Å². The molecule has 0 fully saturated rings. The number of anilines is 1. The zero-order valence-electron chi connectivity index (χ0n) is 12.7. The number of nitrogens with zero attached hydrogens (tertiary/aromatic N) is 1. The fourth-order valence-electron chi connectivity index (χ4n) is 2.40. The van der Waals surface area contributed by atoms with Crippen LogP contribution in [0.5, 0.6) is 0 Å². The first-order valence-electron chi connectivity index (χ1n) is 6.59. The zero-order valence-corrected chi connectivity index (χ0v) is 14.3. The van der Waals surface area contributed by atoms with Crippen molar-refractivity contribution in [3.05, 3.63) is 45.1 Å². The molecule has 2 N–H and O–H groups in total. The minimum atomic E-state index is -3.53. The number of sulfonamides is 1. The Balaban J connectivity index is 2.40. The lowest BCUT2D eigenvalue weighted by Gasteiger charge is -2.20. The molecule has 0 atom stereocenters. The van der Waals surface area contributed by atoms with Crippen molar-refractivity contribution in [3.63, 3.8) is 0 Å². The molecule has 0 aliphatic heterocycles. The number of aryl methyl sites for hydroxylation is 3. The normalized spacial score (nSPS) is 12.0. The number of hydrogen-bond acceptors (Lipinski definition) is 4. The van der Waals surface area contributed by atoms with E-state index in [1.165, 1.54) is 4.31 Å². The first kappa shape index (κ1) is 16.0. The van der Waals surface area contributed by atoms with E-state index in [1.54, 1.807) is 44.4 Å². The van der Waals surface area contributed by atoms with Crippen molar-refractivity contribution in [1.82, 2.24) is 4.31 Å². The molecule has 114 valence electrons. The Labute approximate surface area is 130 Å². The van der Waals surface area contributed by atoms with Gasteiger partial charge in [0.2, 0.25) is 10.0 Å². The van der Waals surface area contributed by atoms with Crippen molar-refractivity contribution >= 4 is 27.0 Å². The molecular weight excluding hydrogens is 304 g/mol. The highest BCUT2D eigenvalue weighted by atomic mass is 32.2. The summed E-state index contributed by atoms with van der Waals surface area (Å²) in [5.74, 6) is 0. The van der Waals surface area contributed by atoms with E-state index < -0.39 is 10.0 Å². The Morgan fingerprint density at radius 2 is 1.71 bits per heavy atom. The Bertz CT molecular complexity index is 741. The summed E-state index contributed by atoms with van der Waals surface area (Å²) in [7, 11) is -1.91. The van der Waals surface area contributed by atoms with E-state index in [4.69, 9.17) is 5.73 Å². The van der Waals surface area contributed by atoms with Crippen LogP contribution in [0.2, 0.25) is 0 Å². The van der Waals surface area contributed by atoms with E-state index in [0.29, 0.717) is 28.3 Å². The summed E-state index contributed by atoms with van der Waals surface area (Å²) in [5.41, 5.74) is 8.84. The Kier molecular flexibility index (Phi) is 4.41. The van der Waals surface area contributed by atoms with Gasteiger partial charge in [-0.05, 0) is 61.0 Å². The van der Waals surface area contributed by atoms with Gasteiger partial charge in [-0.15, -0.1) is 11.3 Å². The second kappa shape index (κ2) is 5.79. The fraction of sp³-hybridized carbons (Fsp3) is 0.333. The largest absolute Gasteiger partial charge is 0.399 e. The molecule has 0 saturated heterocycles. The van der Waals surface area contributed by atoms with Gasteiger partial charge in [-0.2, -0.15) is 4.31 Å². The molecule has 0 spiro atoms. The molecule has 0 bridgehead atoms. The van der Waals surface area contributed by atoms with Gasteiger partial charge >= 0.3 is 0 Å². The van der Waals surface area contributed by atoms with Crippen LogP contribution in [0.25, 0.3) is 0 Å². The summed E-state index contributed by atoms with van der Waals surface area (Å²) >= 11 is 1.57. The molecule has 0 amide bonds. The molecule has 0 aliphatic rings. The number of thiophene rings is 1. The van der Waals surface area contributed by atoms with Gasteiger partial charge in [-0.1, -0.05) is 0 Å². The lowest BCUT2D eigenvalue weighted by molar-refractivity contribution is 0.468. The molecule has 0 unspecified atom stereocenters. The molecule has 0 saturated carbocycles. The fourth-order valence-corrected chi connectivity index (χ4v) is 4.98. The SMILES string of the molecule is Cc1ccsc1CN(C)S(=O)(=O)c1c(C)cc(N)cc1C. The number of benzene rings is 1. The van der Waals surface area contributed by atoms with Crippen LogP contribution >= 0.6 is 11.3 Å². The van der Waals surface area contributed by atoms with Crippen molar-refractivity contribution < 1.29 is 8.42 Å². The minimum absolute atomic E-state index is 0.355. The summed E-state index contributed by atoms with van der Waals surface area (Å²) in [6.45, 7) is 5.93. The van der Waals surface area contributed by atoms with Gasteiger partial charge in [0.25, 0.3) is 0 Å². The van der Waals surface area contributed by atoms with Gasteiger partial charge in [0.15, 0.2) is 0 Å². The van der Waals surface area contributed by atoms with Gasteiger partial charge in [0.05, 0.1) is 4.90 Å². The molecular formula is C15H20N2O2S2. The summed E-state index contributed by atoms with van der Waals surface area (Å²) in [5, 5.41) is 1.98. The van der Waals surface area contributed by atoms with Crippen LogP contribution in [0, 0.1) is 20.8 Å². The highest BCUT2D eigenvalue weighted by Crippen LogP contribution is 2.27. The quantitative estimate of drug-likeness (QED) is 0.879. The Morgan fingerprint density at radius 1 is 1.14 bits per heavy atom. The lowest BCUT2D eigenvalue weighted by Crippen LogP contribution is -2.27. The molecule has 0 aliphatic carbocycles. The second-order valence-electron chi connectivity index (χ2n) is 5.27. The first-order valence-corrected chi connectivity index (χ1v) is 8.91. The molecule has 1 heterocycles. The van der Waals surface area contributed by atoms with Gasteiger partial charge in [-0.25, -0.2) is 8.42 Å². The summed E-state index contributed by atoms with van der Waals surface area (Å²) < 4.78 is 27.0. The second-order valence-corrected chi connectivity index (χ2v) is 8.25. The molecule has 6 heteroatoms. The van der Waals surface area contributed by atoms with Crippen molar-refractivity contribution in [3.8, 4) is 0 Å². The zero-order chi connectivity index (χ0) is 15.8. The monoisotopic (exact) mass is 324 g/mol. The molecule has 1 aromatic carbocycles. The topological polar surface area (TPSA) is 63.4 Å². The Morgan fingerprint density at radius 3 is 2.19 bits per heavy atom. The van der Waals surface area contributed by atoms with Crippen LogP contribution in [0.15, 0.2) is 28.5 Å². The van der Waals surface area contributed by atoms with E-state index in [1.807, 2.05) is 18.4 Å². The number of rotatable bonds is 4. The molecule has 4 nitrogen and oxygen atoms in total. The summed E-state index contributed by atoms with van der Waals surface area (Å²) in [6, 6.07) is 5.40. The highest BCUT2D eigenvalue weighted by Gasteiger charge is 2.25. The number of hydrogen-bond donors (Lipinski definition) is 1. The van der Waals surface area contributed by atoms with E-state index >= 15 is 0 Å². The van der Waals surface area contributed by atoms with Crippen molar-refractivity contribution in [2.45, 2.75) is 32.2 Å². The van der Waals surface area contributed by atoms with Crippen LogP contribution in [0.4, 0.5) is 5.69 Å². The van der Waals surface area contributed by atoms with Gasteiger partial charge in [-0.3, -0.25) is 0 Å². The summed E-state index contributed by atoms with van der Waals surface area (Å²) in [4.78, 5) is 1.42. The van der Waals surface area contributed by atoms with E-state index in [9.17, 15) is 8.42 Å². The maximum absolute atomic E-state index is 12.8. The number of nitrogen functional groups attached to an aromatic ring is 1. The average Bonchev–Trinajstić information content (AvgIpc) is 2.73. The predicted molar refractivity (Wildman–Crippen MR) is 88.0 cm³/mol. The number of nitrogens with two attached hydrogens (primary N) is 1. The van der Waals surface area contributed by atoms with Gasteiger partial charge in [0.1, 0.15) is 0 Å². The van der Waals surface area contributed by atoms with Gasteiger partial charge < -0.3 is 5.73 Å². The maximum Gasteiger partial charge on any atom is 0.243 e. The molecule has 21 heavy (non-hydrogen) atoms. The van der Waals surface area contributed by atoms with Crippen LogP contribution in [-0.4, -0.2) is 19.8 Å². The Hall–Kier alpha value is -1.37. The van der Waals surface area contributed by atoms with Crippen molar-refractivity contribution in [1.29, 1.82) is 0 Å². The van der Waals surface area contributed by atoms with Crippen molar-refractivity contribution in [2.24, 2.45) is 0 Å². The van der Waals surface area contributed by atoms with Crippen LogP contribution in [-0.2, 0) is 16.6 Å². The third kappa shape index (κ3) is 3.12. The average molecular weight is 324 g/mol. The highest BCUT2D eigenvalue weighted by molar-refractivity contribution is 7.89. The first-order chi connectivity index (χ1) is 9.73. The molecule has 2 rings (SSSR count). The summed E-state index contributed by atoms with van der Waals surface area (Å²) in [6.07, 6.45) is 0. The standard InChI is InChI=1S/C15H20N2O2S2/c1-10-5-6-20-14(10)9-17(4)21(18,19)15-11(2)7-13(16)8-12(15)3/h5-8H,9,16H2,1-4H3. The lowest BCUT2D eigenvalue weighted by atomic mass is 10.1. The van der Waals surface area contributed by atoms with Crippen LogP contribution in [0.3, 0.4) is 0 Å². The van der Waals surface area contributed by atoms with E-state index in [2.05, 4.69) is 0 Å². The molecule has 0 radical (unpaired) electrons. The predicted octanol–water partition coefficient (Wildman–Crippen LogP) is 3.08. The van der Waals surface area contributed by atoms with Crippen LogP contribution < -0.4 is 5.73 Å². The third-order valence-electron chi connectivity index (χ3n) is 3.49. The molecule has 1 aromatic heterocycles. The van der Waals surface area contributed by atoms with Gasteiger partial charge in [0, 0.05) is 24.2 Å². The maximum atomic E-state index is 12.8.